The van der Waals surface area contributed by atoms with Crippen LogP contribution in [0, 0.1) is 0 Å². The van der Waals surface area contributed by atoms with E-state index in [2.05, 4.69) is 5.32 Å². The highest BCUT2D eigenvalue weighted by Gasteiger charge is 2.24. The second-order valence-corrected chi connectivity index (χ2v) is 8.64. The molecule has 1 amide bonds. The third-order valence-corrected chi connectivity index (χ3v) is 6.08. The number of aliphatic hydroxyl groups is 1. The molecule has 0 aromatic heterocycles. The molecule has 1 atom stereocenters. The maximum absolute atomic E-state index is 12.2. The van der Waals surface area contributed by atoms with E-state index in [4.69, 9.17) is 37.4 Å². The number of rotatable bonds is 10. The minimum atomic E-state index is -1.06. The molecule has 0 fully saturated rings. The van der Waals surface area contributed by atoms with Gasteiger partial charge < -0.3 is 24.6 Å². The minimum Gasteiger partial charge on any atom is -0.496 e. The molecule has 3 aromatic rings. The second-order valence-electron chi connectivity index (χ2n) is 7.79. The minimum absolute atomic E-state index is 0.111. The summed E-state index contributed by atoms with van der Waals surface area (Å²) in [4.78, 5) is 23.7. The van der Waals surface area contributed by atoms with Crippen LogP contribution in [-0.4, -0.2) is 37.8 Å². The van der Waals surface area contributed by atoms with Crippen molar-refractivity contribution in [1.29, 1.82) is 0 Å². The number of hydrogen-bond acceptors (Lipinski definition) is 6. The zero-order chi connectivity index (χ0) is 26.9. The topological polar surface area (TPSA) is 94.1 Å². The van der Waals surface area contributed by atoms with Crippen LogP contribution in [0.15, 0.2) is 66.7 Å². The van der Waals surface area contributed by atoms with Crippen molar-refractivity contribution in [1.82, 2.24) is 5.32 Å². The molecule has 3 rings (SSSR count). The molecule has 194 valence electrons. The number of ether oxygens (including phenoxy) is 3. The number of carbonyl (C=O) groups excluding carboxylic acids is 2. The summed E-state index contributed by atoms with van der Waals surface area (Å²) in [7, 11) is 3.05. The summed E-state index contributed by atoms with van der Waals surface area (Å²) in [6.07, 6.45) is 1.11. The van der Waals surface area contributed by atoms with Crippen molar-refractivity contribution in [3.8, 4) is 22.6 Å². The molecule has 1 unspecified atom stereocenters. The Morgan fingerprint density at radius 3 is 2.43 bits per heavy atom. The standard InChI is InChI=1S/C28H27Cl2NO6/c1-4-37-25(33)14-13-24(32)31-16-17-9-12-23(35-2)26(28(17)36-3)19-7-5-6-8-20(19)27(34)21-11-10-18(29)15-22(21)30/h5-15,27,34H,4,16H2,1-3H3,(H,31,32)/b14-13+. The number of halogens is 2. The molecule has 0 aliphatic heterocycles. The third-order valence-electron chi connectivity index (χ3n) is 5.52. The van der Waals surface area contributed by atoms with Crippen molar-refractivity contribution in [2.75, 3.05) is 20.8 Å². The first-order valence-electron chi connectivity index (χ1n) is 11.4. The molecule has 0 bridgehead atoms. The van der Waals surface area contributed by atoms with Crippen molar-refractivity contribution in [3.05, 3.63) is 93.5 Å². The summed E-state index contributed by atoms with van der Waals surface area (Å²) in [6, 6.07) is 15.7. The first-order chi connectivity index (χ1) is 17.8. The lowest BCUT2D eigenvalue weighted by molar-refractivity contribution is -0.137. The number of amides is 1. The van der Waals surface area contributed by atoms with Gasteiger partial charge in [-0.15, -0.1) is 0 Å². The van der Waals surface area contributed by atoms with Crippen molar-refractivity contribution in [2.24, 2.45) is 0 Å². The second kappa shape index (κ2) is 13.1. The van der Waals surface area contributed by atoms with Gasteiger partial charge in [-0.05, 0) is 42.3 Å². The first-order valence-corrected chi connectivity index (χ1v) is 12.1. The van der Waals surface area contributed by atoms with E-state index in [9.17, 15) is 14.7 Å². The highest BCUT2D eigenvalue weighted by Crippen LogP contribution is 2.45. The van der Waals surface area contributed by atoms with Gasteiger partial charge in [-0.2, -0.15) is 0 Å². The molecule has 37 heavy (non-hydrogen) atoms. The van der Waals surface area contributed by atoms with Crippen molar-refractivity contribution >= 4 is 35.1 Å². The van der Waals surface area contributed by atoms with Gasteiger partial charge in [-0.1, -0.05) is 53.5 Å². The fraction of sp³-hybridized carbons (Fsp3) is 0.214. The molecule has 9 heteroatoms. The molecule has 3 aromatic carbocycles. The summed E-state index contributed by atoms with van der Waals surface area (Å²) < 4.78 is 16.2. The van der Waals surface area contributed by atoms with Crippen molar-refractivity contribution in [3.63, 3.8) is 0 Å². The number of nitrogens with one attached hydrogen (secondary N) is 1. The predicted molar refractivity (Wildman–Crippen MR) is 143 cm³/mol. The quantitative estimate of drug-likeness (QED) is 0.259. The van der Waals surface area contributed by atoms with Gasteiger partial charge in [0, 0.05) is 39.9 Å². The van der Waals surface area contributed by atoms with Gasteiger partial charge in [-0.25, -0.2) is 4.79 Å². The SMILES string of the molecule is CCOC(=O)/C=C/C(=O)NCc1ccc(OC)c(-c2ccccc2C(O)c2ccc(Cl)cc2Cl)c1OC. The zero-order valence-electron chi connectivity index (χ0n) is 20.6. The molecule has 0 spiro atoms. The Morgan fingerprint density at radius 2 is 1.76 bits per heavy atom. The smallest absolute Gasteiger partial charge is 0.330 e. The van der Waals surface area contributed by atoms with E-state index in [1.54, 1.807) is 43.3 Å². The highest BCUT2D eigenvalue weighted by atomic mass is 35.5. The average Bonchev–Trinajstić information content (AvgIpc) is 2.90. The van der Waals surface area contributed by atoms with Crippen molar-refractivity contribution in [2.45, 2.75) is 19.6 Å². The van der Waals surface area contributed by atoms with Gasteiger partial charge in [0.25, 0.3) is 0 Å². The van der Waals surface area contributed by atoms with E-state index in [0.717, 1.165) is 12.2 Å². The van der Waals surface area contributed by atoms with Gasteiger partial charge in [0.05, 0.1) is 26.4 Å². The normalized spacial score (nSPS) is 11.7. The van der Waals surface area contributed by atoms with Gasteiger partial charge >= 0.3 is 5.97 Å². The van der Waals surface area contributed by atoms with Crippen LogP contribution in [0.25, 0.3) is 11.1 Å². The number of benzene rings is 3. The van der Waals surface area contributed by atoms with Crippen molar-refractivity contribution < 1.29 is 28.9 Å². The fourth-order valence-electron chi connectivity index (χ4n) is 3.83. The van der Waals surface area contributed by atoms with E-state index in [-0.39, 0.29) is 13.2 Å². The van der Waals surface area contributed by atoms with E-state index in [1.165, 1.54) is 14.2 Å². The van der Waals surface area contributed by atoms with Gasteiger partial charge in [0.15, 0.2) is 0 Å². The maximum atomic E-state index is 12.2. The van der Waals surface area contributed by atoms with E-state index < -0.39 is 18.0 Å². The Balaban J connectivity index is 2.01. The van der Waals surface area contributed by atoms with Gasteiger partial charge in [0.1, 0.15) is 17.6 Å². The third kappa shape index (κ3) is 6.83. The molecule has 0 heterocycles. The summed E-state index contributed by atoms with van der Waals surface area (Å²) in [5.41, 5.74) is 2.98. The lowest BCUT2D eigenvalue weighted by Crippen LogP contribution is -2.21. The number of methoxy groups -OCH3 is 2. The lowest BCUT2D eigenvalue weighted by Gasteiger charge is -2.22. The van der Waals surface area contributed by atoms with Crippen LogP contribution in [0.4, 0.5) is 0 Å². The van der Waals surface area contributed by atoms with Gasteiger partial charge in [0.2, 0.25) is 5.91 Å². The zero-order valence-corrected chi connectivity index (χ0v) is 22.1. The summed E-state index contributed by atoms with van der Waals surface area (Å²) in [6.45, 7) is 2.01. The molecule has 0 aliphatic rings. The Kier molecular flexibility index (Phi) is 9.97. The molecular formula is C28H27Cl2NO6. The monoisotopic (exact) mass is 543 g/mol. The Labute approximate surface area is 225 Å². The van der Waals surface area contributed by atoms with E-state index >= 15 is 0 Å². The van der Waals surface area contributed by atoms with Crippen LogP contribution < -0.4 is 14.8 Å². The lowest BCUT2D eigenvalue weighted by atomic mass is 9.90. The molecule has 0 aliphatic carbocycles. The molecule has 0 radical (unpaired) electrons. The summed E-state index contributed by atoms with van der Waals surface area (Å²) in [5.74, 6) is -0.106. The Hall–Kier alpha value is -3.52. The Morgan fingerprint density at radius 1 is 1.00 bits per heavy atom. The van der Waals surface area contributed by atoms with E-state index in [1.807, 2.05) is 18.2 Å². The molecule has 2 N–H and O–H groups in total. The number of carbonyl (C=O) groups is 2. The summed E-state index contributed by atoms with van der Waals surface area (Å²) in [5, 5.41) is 14.8. The number of esters is 1. The average molecular weight is 544 g/mol. The van der Waals surface area contributed by atoms with Crippen LogP contribution in [0.5, 0.6) is 11.5 Å². The number of aliphatic hydroxyl groups excluding tert-OH is 1. The van der Waals surface area contributed by atoms with Crippen LogP contribution >= 0.6 is 23.2 Å². The van der Waals surface area contributed by atoms with E-state index in [0.29, 0.717) is 49.4 Å². The Bertz CT molecular complexity index is 1310. The van der Waals surface area contributed by atoms with Crippen LogP contribution in [0.3, 0.4) is 0 Å². The van der Waals surface area contributed by atoms with Crippen LogP contribution in [0.1, 0.15) is 29.7 Å². The largest absolute Gasteiger partial charge is 0.496 e. The first kappa shape index (κ1) is 28.1. The van der Waals surface area contributed by atoms with Crippen LogP contribution in [-0.2, 0) is 20.9 Å². The predicted octanol–water partition coefficient (Wildman–Crippen LogP) is 5.49. The van der Waals surface area contributed by atoms with Gasteiger partial charge in [-0.3, -0.25) is 4.79 Å². The summed E-state index contributed by atoms with van der Waals surface area (Å²) >= 11 is 12.4. The molecule has 0 saturated carbocycles. The molecule has 0 saturated heterocycles. The molecular weight excluding hydrogens is 517 g/mol. The number of hydrogen-bond donors (Lipinski definition) is 2. The molecule has 7 nitrogen and oxygen atoms in total. The van der Waals surface area contributed by atoms with Crippen LogP contribution in [0.2, 0.25) is 10.0 Å². The fourth-order valence-corrected chi connectivity index (χ4v) is 4.35. The highest BCUT2D eigenvalue weighted by molar-refractivity contribution is 6.35. The maximum Gasteiger partial charge on any atom is 0.330 e.